The van der Waals surface area contributed by atoms with Gasteiger partial charge in [0.1, 0.15) is 0 Å². The van der Waals surface area contributed by atoms with Gasteiger partial charge in [-0.25, -0.2) is 4.39 Å². The van der Waals surface area contributed by atoms with Gasteiger partial charge in [0.15, 0.2) is 5.82 Å². The highest BCUT2D eigenvalue weighted by Crippen LogP contribution is 2.49. The average molecular weight is 644 g/mol. The van der Waals surface area contributed by atoms with Gasteiger partial charge in [-0.3, -0.25) is 9.59 Å². The van der Waals surface area contributed by atoms with Crippen molar-refractivity contribution in [3.05, 3.63) is 52.8 Å². The van der Waals surface area contributed by atoms with Gasteiger partial charge in [0.25, 0.3) is 0 Å². The molecule has 0 spiro atoms. The van der Waals surface area contributed by atoms with Gasteiger partial charge in [-0.2, -0.15) is 39.5 Å². The summed E-state index contributed by atoms with van der Waals surface area (Å²) in [7, 11) is 0. The topological polar surface area (TPSA) is 61.9 Å². The molecule has 16 heteroatoms. The first-order valence-corrected chi connectivity index (χ1v) is 13.4. The van der Waals surface area contributed by atoms with Gasteiger partial charge < -0.3 is 19.9 Å². The first-order valence-electron chi connectivity index (χ1n) is 13.4. The number of nitrogens with zero attached hydrogens (tertiary/aromatic N) is 2. The van der Waals surface area contributed by atoms with E-state index in [9.17, 15) is 53.5 Å². The second kappa shape index (κ2) is 12.2. The molecular weight excluding hydrogens is 616 g/mol. The molecule has 0 bridgehead atoms. The summed E-state index contributed by atoms with van der Waals surface area (Å²) in [6.07, 6.45) is -15.2. The highest BCUT2D eigenvalue weighted by Gasteiger charge is 2.54. The van der Waals surface area contributed by atoms with E-state index >= 15 is 0 Å². The van der Waals surface area contributed by atoms with Gasteiger partial charge in [0, 0.05) is 54.6 Å². The van der Waals surface area contributed by atoms with Gasteiger partial charge in [0.2, 0.25) is 0 Å². The van der Waals surface area contributed by atoms with Crippen molar-refractivity contribution in [1.29, 1.82) is 0 Å². The standard InChI is InChI=1S/C24H27F4N3O.C4F6O2/c1-14(2)30-7-6-21-18(12-30)17-11-16(10-15-13-32-9-8-31(21)23(15)17)29-20-5-3-4-19(22(20)25)24(26,27)28;5-3(6,7)1(11)2(12)4(8,9)10/h3-5,10-11,14,18,21,29H,6-9,12-13H2,1-2H3;/t18-,21-;/m0./s1. The number of piperidine rings is 1. The van der Waals surface area contributed by atoms with E-state index in [4.69, 9.17) is 4.74 Å². The van der Waals surface area contributed by atoms with Crippen molar-refractivity contribution in [2.75, 3.05) is 36.5 Å². The minimum Gasteiger partial charge on any atom is -0.375 e. The maximum Gasteiger partial charge on any atom is 0.458 e. The zero-order chi connectivity index (χ0) is 32.8. The van der Waals surface area contributed by atoms with Crippen molar-refractivity contribution >= 4 is 28.6 Å². The highest BCUT2D eigenvalue weighted by molar-refractivity contribution is 6.41. The molecule has 0 aliphatic carbocycles. The summed E-state index contributed by atoms with van der Waals surface area (Å²) in [6.45, 7) is 8.28. The van der Waals surface area contributed by atoms with Crippen LogP contribution in [0.25, 0.3) is 0 Å². The molecule has 2 aromatic rings. The molecule has 5 rings (SSSR count). The van der Waals surface area contributed by atoms with Crippen LogP contribution >= 0.6 is 0 Å². The molecule has 2 aromatic carbocycles. The molecule has 44 heavy (non-hydrogen) atoms. The smallest absolute Gasteiger partial charge is 0.375 e. The van der Waals surface area contributed by atoms with Crippen molar-refractivity contribution in [3.63, 3.8) is 0 Å². The fraction of sp³-hybridized carbons (Fsp3) is 0.500. The van der Waals surface area contributed by atoms with E-state index in [1.54, 1.807) is 0 Å². The van der Waals surface area contributed by atoms with Gasteiger partial charge in [-0.1, -0.05) is 6.07 Å². The Balaban J connectivity index is 0.000000314. The van der Waals surface area contributed by atoms with Crippen molar-refractivity contribution < 1.29 is 58.2 Å². The van der Waals surface area contributed by atoms with Crippen LogP contribution in [0, 0.1) is 5.82 Å². The minimum absolute atomic E-state index is 0.180. The zero-order valence-corrected chi connectivity index (χ0v) is 23.3. The number of ether oxygens (including phenoxy) is 1. The number of ketones is 2. The van der Waals surface area contributed by atoms with Gasteiger partial charge in [-0.15, -0.1) is 0 Å². The van der Waals surface area contributed by atoms with Gasteiger partial charge >= 0.3 is 30.1 Å². The maximum atomic E-state index is 14.6. The third-order valence-electron chi connectivity index (χ3n) is 7.68. The summed E-state index contributed by atoms with van der Waals surface area (Å²) in [5.41, 5.74) is 2.51. The molecule has 1 N–H and O–H groups in total. The van der Waals surface area contributed by atoms with E-state index in [1.165, 1.54) is 23.4 Å². The molecule has 2 atom stereocenters. The van der Waals surface area contributed by atoms with Gasteiger partial charge in [-0.05, 0) is 50.1 Å². The molecule has 0 radical (unpaired) electrons. The Bertz CT molecular complexity index is 1380. The van der Waals surface area contributed by atoms with Crippen LogP contribution in [0.1, 0.15) is 42.9 Å². The predicted molar refractivity (Wildman–Crippen MR) is 138 cm³/mol. The number of benzene rings is 2. The largest absolute Gasteiger partial charge is 0.458 e. The normalized spacial score (nSPS) is 20.3. The molecule has 1 saturated heterocycles. The molecule has 3 aliphatic heterocycles. The first kappa shape index (κ1) is 33.5. The SMILES string of the molecule is CC(C)N1CC[C@H]2[C@@H](C1)c1cc(Nc3cccc(C(F)(F)F)c3F)cc3c1N2CCOC3.O=C(C(=O)C(F)(F)F)C(F)(F)F. The lowest BCUT2D eigenvalue weighted by atomic mass is 9.87. The van der Waals surface area contributed by atoms with E-state index in [1.807, 2.05) is 12.1 Å². The number of halogens is 10. The number of hydrogen-bond acceptors (Lipinski definition) is 6. The van der Waals surface area contributed by atoms with Crippen molar-refractivity contribution in [2.45, 2.75) is 63.4 Å². The van der Waals surface area contributed by atoms with Crippen molar-refractivity contribution in [1.82, 2.24) is 4.90 Å². The summed E-state index contributed by atoms with van der Waals surface area (Å²) >= 11 is 0. The Kier molecular flexibility index (Phi) is 9.27. The molecule has 1 fully saturated rings. The fourth-order valence-corrected chi connectivity index (χ4v) is 5.70. The zero-order valence-electron chi connectivity index (χ0n) is 23.3. The number of likely N-dealkylation sites (tertiary alicyclic amines) is 1. The summed E-state index contributed by atoms with van der Waals surface area (Å²) in [6, 6.07) is 8.03. The minimum atomic E-state index is -5.77. The number of carbonyl (C=O) groups is 2. The number of alkyl halides is 9. The molecule has 0 unspecified atom stereocenters. The second-order valence-corrected chi connectivity index (χ2v) is 10.8. The molecule has 3 aliphatic rings. The van der Waals surface area contributed by atoms with E-state index in [-0.39, 0.29) is 5.69 Å². The van der Waals surface area contributed by atoms with Crippen molar-refractivity contribution in [3.8, 4) is 0 Å². The molecule has 0 amide bonds. The predicted octanol–water partition coefficient (Wildman–Crippen LogP) is 6.75. The van der Waals surface area contributed by atoms with Crippen LogP contribution in [0.15, 0.2) is 30.3 Å². The first-order chi connectivity index (χ1) is 20.3. The van der Waals surface area contributed by atoms with E-state index in [0.29, 0.717) is 36.9 Å². The number of hydrogen-bond donors (Lipinski definition) is 1. The second-order valence-electron chi connectivity index (χ2n) is 10.8. The Morgan fingerprint density at radius 3 is 2.16 bits per heavy atom. The number of fused-ring (bicyclic) bond motifs is 3. The van der Waals surface area contributed by atoms with Crippen LogP contribution in [0.4, 0.5) is 61.0 Å². The number of anilines is 3. The summed E-state index contributed by atoms with van der Waals surface area (Å²) < 4.78 is 127. The van der Waals surface area contributed by atoms with Gasteiger partial charge in [0.05, 0.1) is 24.5 Å². The Morgan fingerprint density at radius 2 is 1.59 bits per heavy atom. The summed E-state index contributed by atoms with van der Waals surface area (Å²) in [5, 5.41) is 2.92. The number of rotatable bonds is 4. The number of carbonyl (C=O) groups excluding carboxylic acids is 2. The molecule has 3 heterocycles. The number of Topliss-reactive ketones (excluding diaryl/α,β-unsaturated/α-hetero) is 2. The molecule has 6 nitrogen and oxygen atoms in total. The third-order valence-corrected chi connectivity index (χ3v) is 7.68. The Morgan fingerprint density at radius 1 is 0.955 bits per heavy atom. The average Bonchev–Trinajstić information content (AvgIpc) is 3.06. The fourth-order valence-electron chi connectivity index (χ4n) is 5.70. The molecule has 0 saturated carbocycles. The van der Waals surface area contributed by atoms with Crippen LogP contribution in [-0.2, 0) is 27.1 Å². The van der Waals surface area contributed by atoms with Crippen LogP contribution in [0.2, 0.25) is 0 Å². The van der Waals surface area contributed by atoms with Crippen LogP contribution < -0.4 is 10.2 Å². The lowest BCUT2D eigenvalue weighted by Gasteiger charge is -2.40. The van der Waals surface area contributed by atoms with Crippen LogP contribution in [0.3, 0.4) is 0 Å². The van der Waals surface area contributed by atoms with E-state index < -0.39 is 41.5 Å². The quantitative estimate of drug-likeness (QED) is 0.294. The highest BCUT2D eigenvalue weighted by atomic mass is 19.4. The third kappa shape index (κ3) is 6.95. The lowest BCUT2D eigenvalue weighted by molar-refractivity contribution is -0.193. The Labute approximate surface area is 244 Å². The summed E-state index contributed by atoms with van der Waals surface area (Å²) in [4.78, 5) is 24.2. The van der Waals surface area contributed by atoms with Crippen LogP contribution in [-0.4, -0.2) is 67.1 Å². The van der Waals surface area contributed by atoms with E-state index in [0.717, 1.165) is 37.7 Å². The Hall–Kier alpha value is -3.40. The molecule has 242 valence electrons. The molecule has 0 aromatic heterocycles. The van der Waals surface area contributed by atoms with Crippen LogP contribution in [0.5, 0.6) is 0 Å². The monoisotopic (exact) mass is 643 g/mol. The van der Waals surface area contributed by atoms with E-state index in [2.05, 4.69) is 29.0 Å². The summed E-state index contributed by atoms with van der Waals surface area (Å²) in [5.74, 6) is -7.79. The lowest BCUT2D eigenvalue weighted by Crippen LogP contribution is -2.48. The van der Waals surface area contributed by atoms with Crippen molar-refractivity contribution in [2.24, 2.45) is 0 Å². The molecular formula is C28H27F10N3O3. The number of nitrogens with one attached hydrogen (secondary N) is 1. The maximum absolute atomic E-state index is 14.6.